The van der Waals surface area contributed by atoms with Crippen molar-refractivity contribution in [3.8, 4) is 39.8 Å². The van der Waals surface area contributed by atoms with E-state index in [2.05, 4.69) is 36.9 Å². The third-order valence-corrected chi connectivity index (χ3v) is 12.9. The Hall–Kier alpha value is -6.11. The van der Waals surface area contributed by atoms with E-state index in [4.69, 9.17) is 37.9 Å². The molecular weight excluding hydrogens is 857 g/mol. The average molecular weight is 910 g/mol. The van der Waals surface area contributed by atoms with Gasteiger partial charge in [-0.05, 0) is 63.6 Å². The molecule has 2 aromatic heterocycles. The minimum atomic E-state index is -0.712. The number of carbonyl (C=O) groups excluding carboxylic acids is 4. The fraction of sp³-hybridized carbons (Fsp3) is 0.426. The quantitative estimate of drug-likeness (QED) is 0.0835. The zero-order valence-corrected chi connectivity index (χ0v) is 37.3. The van der Waals surface area contributed by atoms with Crippen LogP contribution in [-0.2, 0) is 25.7 Å². The van der Waals surface area contributed by atoms with Gasteiger partial charge in [-0.1, -0.05) is 60.3 Å². The SMILES string of the molecule is CC(=O)N[C@@H]1CCC[C@H](C(=O)Nc2cc(-c3cccc4c3OCC(C)(C[n+]3cc(Cl)c(-c5cccc6c5OCCN6)cc3NC(=O)[C@H]3CCC[C@@H](NC(=O)CC#N)C3)N4)c(Cl)cn2)C1. The van der Waals surface area contributed by atoms with Gasteiger partial charge in [-0.25, -0.2) is 19.7 Å². The highest BCUT2D eigenvalue weighted by atomic mass is 35.5. The Bertz CT molecular complexity index is 2520. The summed E-state index contributed by atoms with van der Waals surface area (Å²) in [6.07, 6.45) is 8.67. The molecule has 4 heterocycles. The molecule has 4 aromatic rings. The normalized spacial score (nSPS) is 22.3. The number of pyridine rings is 2. The second-order valence-corrected chi connectivity index (χ2v) is 18.2. The van der Waals surface area contributed by atoms with Crippen molar-refractivity contribution in [1.29, 1.82) is 5.26 Å². The fourth-order valence-corrected chi connectivity index (χ4v) is 9.85. The van der Waals surface area contributed by atoms with Crippen LogP contribution in [0, 0.1) is 23.2 Å². The van der Waals surface area contributed by atoms with Crippen LogP contribution in [0.25, 0.3) is 22.3 Å². The molecular formula is C47H52Cl2N9O6+. The molecule has 64 heavy (non-hydrogen) atoms. The van der Waals surface area contributed by atoms with E-state index in [9.17, 15) is 19.2 Å². The Balaban J connectivity index is 1.05. The molecule has 8 rings (SSSR count). The highest BCUT2D eigenvalue weighted by Gasteiger charge is 2.38. The van der Waals surface area contributed by atoms with Gasteiger partial charge in [-0.3, -0.25) is 14.4 Å². The van der Waals surface area contributed by atoms with Gasteiger partial charge in [-0.15, -0.1) is 0 Å². The number of nitrogens with one attached hydrogen (secondary N) is 6. The highest BCUT2D eigenvalue weighted by Crippen LogP contribution is 2.45. The maximum absolute atomic E-state index is 14.1. The number of carbonyl (C=O) groups is 4. The van der Waals surface area contributed by atoms with Crippen LogP contribution in [0.3, 0.4) is 0 Å². The lowest BCUT2D eigenvalue weighted by molar-refractivity contribution is -0.688. The number of rotatable bonds is 11. The van der Waals surface area contributed by atoms with Crippen LogP contribution in [0.4, 0.5) is 23.0 Å². The number of para-hydroxylation sites is 2. The van der Waals surface area contributed by atoms with Crippen LogP contribution >= 0.6 is 23.2 Å². The van der Waals surface area contributed by atoms with Crippen molar-refractivity contribution >= 4 is 69.8 Å². The van der Waals surface area contributed by atoms with E-state index >= 15 is 0 Å². The summed E-state index contributed by atoms with van der Waals surface area (Å²) in [5, 5.41) is 29.0. The number of benzene rings is 2. The molecule has 4 aliphatic rings. The Morgan fingerprint density at radius 3 is 2.22 bits per heavy atom. The maximum atomic E-state index is 14.1. The first-order chi connectivity index (χ1) is 30.9. The van der Waals surface area contributed by atoms with E-state index < -0.39 is 5.54 Å². The molecule has 2 saturated carbocycles. The third-order valence-electron chi connectivity index (χ3n) is 12.3. The number of fused-ring (bicyclic) bond motifs is 2. The Morgan fingerprint density at radius 2 is 1.52 bits per heavy atom. The number of anilines is 4. The van der Waals surface area contributed by atoms with Gasteiger partial charge in [0.2, 0.25) is 17.7 Å². The molecule has 6 N–H and O–H groups in total. The van der Waals surface area contributed by atoms with E-state index in [1.54, 1.807) is 6.07 Å². The lowest BCUT2D eigenvalue weighted by atomic mass is 9.85. The first kappa shape index (κ1) is 44.5. The van der Waals surface area contributed by atoms with Crippen LogP contribution in [0.1, 0.15) is 71.6 Å². The van der Waals surface area contributed by atoms with Crippen LogP contribution in [-0.4, -0.2) is 66.0 Å². The number of nitrogens with zero attached hydrogens (tertiary/aromatic N) is 3. The smallest absolute Gasteiger partial charge is 0.310 e. The van der Waals surface area contributed by atoms with Gasteiger partial charge in [0.15, 0.2) is 0 Å². The Morgan fingerprint density at radius 1 is 0.859 bits per heavy atom. The molecule has 2 aliphatic heterocycles. The summed E-state index contributed by atoms with van der Waals surface area (Å²) >= 11 is 13.9. The second kappa shape index (κ2) is 19.3. The highest BCUT2D eigenvalue weighted by molar-refractivity contribution is 6.33. The summed E-state index contributed by atoms with van der Waals surface area (Å²) in [6, 6.07) is 16.8. The summed E-state index contributed by atoms with van der Waals surface area (Å²) < 4.78 is 14.6. The van der Waals surface area contributed by atoms with Gasteiger partial charge in [0.1, 0.15) is 55.2 Å². The molecule has 1 unspecified atom stereocenters. The average Bonchev–Trinajstić information content (AvgIpc) is 3.27. The zero-order valence-electron chi connectivity index (χ0n) is 35.8. The van der Waals surface area contributed by atoms with Crippen LogP contribution in [0.15, 0.2) is 60.9 Å². The number of nitriles is 1. The fourth-order valence-electron chi connectivity index (χ4n) is 9.38. The standard InChI is InChI=1S/C47H51Cl2N9O6/c1-27(59)53-30-9-3-7-28(19-30)45(61)55-40-21-34(36(48)23-52-40)32-12-6-14-39-44(32)64-26-47(2,57-39)25-58-24-37(49)35(33-11-5-13-38-43(33)63-18-17-51-38)22-41(58)56-46(62)29-8-4-10-31(20-29)54-42(60)15-16-50/h5-6,11-14,21-24,28-31,51,57H,3-4,7-10,15,17-20,25-26H2,1-2H3,(H3,52,53,54,55,59,60,61)/p+1/t28-,29-,30+,31+,47?/m0/s1. The van der Waals surface area contributed by atoms with Crippen molar-refractivity contribution in [1.82, 2.24) is 15.6 Å². The molecule has 2 fully saturated rings. The molecule has 2 aliphatic carbocycles. The molecule has 0 radical (unpaired) electrons. The minimum absolute atomic E-state index is 0.0392. The Labute approximate surface area is 382 Å². The summed E-state index contributed by atoms with van der Waals surface area (Å²) in [7, 11) is 0. The molecule has 0 saturated heterocycles. The predicted octanol–water partition coefficient (Wildman–Crippen LogP) is 7.24. The first-order valence-corrected chi connectivity index (χ1v) is 22.6. The summed E-state index contributed by atoms with van der Waals surface area (Å²) in [5.74, 6) is 0.724. The lowest BCUT2D eigenvalue weighted by Crippen LogP contribution is -2.56. The van der Waals surface area contributed by atoms with Gasteiger partial charge in [-0.2, -0.15) is 5.26 Å². The van der Waals surface area contributed by atoms with E-state index in [0.717, 1.165) is 49.0 Å². The van der Waals surface area contributed by atoms with Crippen LogP contribution in [0.2, 0.25) is 10.0 Å². The van der Waals surface area contributed by atoms with Crippen molar-refractivity contribution in [2.45, 2.75) is 95.8 Å². The van der Waals surface area contributed by atoms with Crippen LogP contribution < -0.4 is 45.9 Å². The summed E-state index contributed by atoms with van der Waals surface area (Å²) in [4.78, 5) is 55.9. The topological polar surface area (TPSA) is 199 Å². The number of aromatic nitrogens is 2. The first-order valence-electron chi connectivity index (χ1n) is 21.8. The lowest BCUT2D eigenvalue weighted by Gasteiger charge is -2.37. The molecule has 334 valence electrons. The van der Waals surface area contributed by atoms with E-state index in [-0.39, 0.29) is 60.6 Å². The van der Waals surface area contributed by atoms with Crippen molar-refractivity contribution in [2.24, 2.45) is 11.8 Å². The number of hydrogen-bond donors (Lipinski definition) is 6. The molecule has 5 atom stereocenters. The molecule has 17 heteroatoms. The van der Waals surface area contributed by atoms with Gasteiger partial charge in [0.25, 0.3) is 5.82 Å². The van der Waals surface area contributed by atoms with Gasteiger partial charge < -0.3 is 36.1 Å². The zero-order chi connectivity index (χ0) is 45.0. The van der Waals surface area contributed by atoms with Crippen molar-refractivity contribution in [3.63, 3.8) is 0 Å². The van der Waals surface area contributed by atoms with E-state index in [0.29, 0.717) is 88.8 Å². The number of ether oxygens (including phenoxy) is 2. The summed E-state index contributed by atoms with van der Waals surface area (Å²) in [5.41, 5.74) is 3.67. The molecule has 4 amide bonds. The molecule has 2 aromatic carbocycles. The van der Waals surface area contributed by atoms with E-state index in [1.165, 1.54) is 13.1 Å². The van der Waals surface area contributed by atoms with Gasteiger partial charge in [0.05, 0.1) is 33.4 Å². The Kier molecular flexibility index (Phi) is 13.4. The predicted molar refractivity (Wildman–Crippen MR) is 244 cm³/mol. The molecule has 15 nitrogen and oxygen atoms in total. The number of halogens is 2. The number of amides is 4. The molecule has 0 spiro atoms. The minimum Gasteiger partial charge on any atom is -0.489 e. The second-order valence-electron chi connectivity index (χ2n) is 17.4. The van der Waals surface area contributed by atoms with E-state index in [1.807, 2.05) is 66.2 Å². The van der Waals surface area contributed by atoms with Gasteiger partial charge in [0, 0.05) is 66.0 Å². The molecule has 0 bridgehead atoms. The monoisotopic (exact) mass is 908 g/mol. The van der Waals surface area contributed by atoms with Gasteiger partial charge >= 0.3 is 5.91 Å². The van der Waals surface area contributed by atoms with Crippen LogP contribution in [0.5, 0.6) is 11.5 Å². The number of hydrogen-bond acceptors (Lipinski definition) is 10. The van der Waals surface area contributed by atoms with Crippen molar-refractivity contribution < 1.29 is 33.2 Å². The van der Waals surface area contributed by atoms with Crippen molar-refractivity contribution in [2.75, 3.05) is 41.0 Å². The maximum Gasteiger partial charge on any atom is 0.310 e. The third kappa shape index (κ3) is 10.1. The van der Waals surface area contributed by atoms with Crippen molar-refractivity contribution in [3.05, 3.63) is 71.0 Å². The largest absolute Gasteiger partial charge is 0.489 e. The summed E-state index contributed by atoms with van der Waals surface area (Å²) in [6.45, 7) is 5.23.